The lowest BCUT2D eigenvalue weighted by Gasteiger charge is -2.04. The van der Waals surface area contributed by atoms with Crippen molar-refractivity contribution in [2.45, 2.75) is 39.8 Å². The third-order valence-electron chi connectivity index (χ3n) is 10.2. The van der Waals surface area contributed by atoms with E-state index in [9.17, 15) is 24.6 Å². The van der Waals surface area contributed by atoms with E-state index < -0.39 is 24.0 Å². The number of thiol groups is 6. The Kier molecular flexibility index (Phi) is 29.6. The zero-order valence-electron chi connectivity index (χ0n) is 43.5. The average Bonchev–Trinajstić information content (AvgIpc) is 4.33. The van der Waals surface area contributed by atoms with Crippen LogP contribution in [0.1, 0.15) is 61.9 Å². The summed E-state index contributed by atoms with van der Waals surface area (Å²) in [5.74, 6) is -1.08. The van der Waals surface area contributed by atoms with Gasteiger partial charge in [-0.25, -0.2) is 9.59 Å². The molecule has 0 amide bonds. The first kappa shape index (κ1) is 68.7. The number of carboxylic acids is 2. The molecule has 19 nitrogen and oxygen atoms in total. The van der Waals surface area contributed by atoms with Crippen LogP contribution in [0, 0.1) is 0 Å². The summed E-state index contributed by atoms with van der Waals surface area (Å²) in [5.41, 5.74) is 7.09. The Labute approximate surface area is 527 Å². The van der Waals surface area contributed by atoms with Crippen molar-refractivity contribution in [2.75, 3.05) is 11.5 Å². The van der Waals surface area contributed by atoms with Crippen LogP contribution < -0.4 is 0 Å². The summed E-state index contributed by atoms with van der Waals surface area (Å²) in [6.45, 7) is 15.1. The van der Waals surface area contributed by atoms with E-state index in [0.29, 0.717) is 68.9 Å². The Hall–Kier alpha value is -5.80. The molecule has 0 fully saturated rings. The molecule has 6 aromatic rings. The van der Waals surface area contributed by atoms with Gasteiger partial charge in [-0.15, -0.1) is 99.3 Å². The average molecular weight is 1310 g/mol. The van der Waals surface area contributed by atoms with E-state index in [0.717, 1.165) is 32.3 Å². The minimum atomic E-state index is -0.951. The first-order valence-electron chi connectivity index (χ1n) is 23.0. The Morgan fingerprint density at radius 3 is 1.28 bits per heavy atom. The van der Waals surface area contributed by atoms with Gasteiger partial charge in [-0.2, -0.15) is 0 Å². The molecule has 2 atom stereocenters. The SMILES string of the molecule is C/C(C(=O)S)=C(/S)c1cnccn1.C/C(C(=S)S)=C(/S)c1cnccn1.C=C(S)/C(C)=C(\S)c1cnccn1.C=C1SSC(c2cnccn2)=C1C.O=C(O)[C@@H]1CSC(c2ncccc2O)=N1.O=C(O)[C@H]1CSC(c2ncccc2O)=N1. The van der Waals surface area contributed by atoms with Crippen molar-refractivity contribution in [2.24, 2.45) is 9.98 Å². The van der Waals surface area contributed by atoms with Crippen LogP contribution in [0.2, 0.25) is 0 Å². The normalized spacial score (nSPS) is 15.8. The largest absolute Gasteiger partial charge is 0.506 e. The number of aromatic nitrogens is 10. The van der Waals surface area contributed by atoms with Crippen LogP contribution in [0.25, 0.3) is 19.6 Å². The van der Waals surface area contributed by atoms with Gasteiger partial charge in [0.2, 0.25) is 5.12 Å². The summed E-state index contributed by atoms with van der Waals surface area (Å²) < 4.78 is 0.524. The molecular formula is C52H50N12O7S11. The van der Waals surface area contributed by atoms with Crippen LogP contribution in [0.3, 0.4) is 0 Å². The number of nitrogens with zero attached hydrogens (tertiary/aromatic N) is 12. The molecule has 9 heterocycles. The maximum absolute atomic E-state index is 10.9. The zero-order valence-corrected chi connectivity index (χ0v) is 52.9. The Morgan fingerprint density at radius 1 is 0.573 bits per heavy atom. The standard InChI is InChI=1S/2C9H8N2O3S.C9H8N2S2.C9H10N2S2.C8H8N2OS2.C8H8N2S3/c2*12-6-2-1-3-10-7(6)8-11-5(4-15-8)9(13)14;1-6-7(2)12-13-9(6)8-5-10-3-4-11-8;1-6(7(2)12)9(13)8-5-10-3-4-11-8;1-5(8(11)13)7(12)6-4-9-2-3-10-6;1-5(8(12)13)7(11)6-4-9-2-3-10-6/h2*1-3,5,12H,4H2,(H,13,14);3-5H,2H2,1H3;3-5,12-13H,2H2,1H3;2-4,12H,1H3,(H,11,13);2-4,11H,1H3,(H,12,13)/b;;;9-6-;2*7-5-/t2*5-;;;;/m10..../s1. The Balaban J connectivity index is 0.000000212. The molecule has 0 saturated heterocycles. The van der Waals surface area contributed by atoms with Gasteiger partial charge in [0, 0.05) is 108 Å². The predicted octanol–water partition coefficient (Wildman–Crippen LogP) is 11.2. The van der Waals surface area contributed by atoms with Gasteiger partial charge in [0.1, 0.15) is 33.0 Å². The molecular weight excluding hydrogens is 1260 g/mol. The number of aliphatic imine (C=N–C) groups is 2. The lowest BCUT2D eigenvalue weighted by atomic mass is 10.2. The molecule has 0 aromatic carbocycles. The van der Waals surface area contributed by atoms with Crippen molar-refractivity contribution in [1.29, 1.82) is 0 Å². The minimum absolute atomic E-state index is 0.0230. The first-order valence-corrected chi connectivity index (χ1v) is 30.2. The highest BCUT2D eigenvalue weighted by molar-refractivity contribution is 8.82. The van der Waals surface area contributed by atoms with Gasteiger partial charge >= 0.3 is 11.9 Å². The van der Waals surface area contributed by atoms with E-state index in [4.69, 9.17) is 22.4 Å². The number of carboxylic acid groups (broad SMARTS) is 2. The monoisotopic (exact) mass is 1310 g/mol. The van der Waals surface area contributed by atoms with Gasteiger partial charge in [0.15, 0.2) is 12.1 Å². The van der Waals surface area contributed by atoms with E-state index in [1.165, 1.54) is 58.5 Å². The maximum atomic E-state index is 10.9. The molecule has 0 saturated carbocycles. The van der Waals surface area contributed by atoms with Crippen LogP contribution in [0.15, 0.2) is 166 Å². The molecule has 0 unspecified atom stereocenters. The van der Waals surface area contributed by atoms with Gasteiger partial charge in [-0.05, 0) is 79.5 Å². The van der Waals surface area contributed by atoms with Crippen molar-refractivity contribution < 1.29 is 34.8 Å². The number of thiocarbonyl (C=S) groups is 1. The topological polar surface area (TPSA) is 286 Å². The summed E-state index contributed by atoms with van der Waals surface area (Å²) in [6.07, 6.45) is 22.6. The van der Waals surface area contributed by atoms with E-state index in [1.807, 2.05) is 13.8 Å². The number of aliphatic carboxylic acids is 2. The Morgan fingerprint density at radius 2 is 0.976 bits per heavy atom. The third kappa shape index (κ3) is 21.8. The lowest BCUT2D eigenvalue weighted by Crippen LogP contribution is -2.17. The summed E-state index contributed by atoms with van der Waals surface area (Å²) in [5, 5.41) is 37.1. The molecule has 3 aliphatic rings. The lowest BCUT2D eigenvalue weighted by molar-refractivity contribution is -0.138. The molecule has 0 bridgehead atoms. The number of pyridine rings is 2. The van der Waals surface area contributed by atoms with Crippen LogP contribution in [-0.4, -0.2) is 125 Å². The molecule has 3 aliphatic heterocycles. The molecule has 9 rings (SSSR count). The number of rotatable bonds is 11. The van der Waals surface area contributed by atoms with Gasteiger partial charge in [0.25, 0.3) is 0 Å². The van der Waals surface area contributed by atoms with Crippen LogP contribution in [0.4, 0.5) is 0 Å². The third-order valence-corrected chi connectivity index (χ3v) is 17.9. The fraction of sp³-hybridized carbons (Fsp3) is 0.154. The van der Waals surface area contributed by atoms with Crippen LogP contribution >= 0.6 is 133 Å². The van der Waals surface area contributed by atoms with E-state index in [-0.39, 0.29) is 16.6 Å². The van der Waals surface area contributed by atoms with Crippen molar-refractivity contribution in [3.63, 3.8) is 0 Å². The van der Waals surface area contributed by atoms with Gasteiger partial charge < -0.3 is 20.4 Å². The van der Waals surface area contributed by atoms with Gasteiger partial charge in [-0.3, -0.25) is 64.6 Å². The minimum Gasteiger partial charge on any atom is -0.506 e. The highest BCUT2D eigenvalue weighted by atomic mass is 33.1. The second-order valence-electron chi connectivity index (χ2n) is 15.8. The number of hydrogen-bond acceptors (Lipinski definition) is 26. The maximum Gasteiger partial charge on any atom is 0.329 e. The molecule has 0 spiro atoms. The molecule has 82 heavy (non-hydrogen) atoms. The molecule has 0 aliphatic carbocycles. The van der Waals surface area contributed by atoms with E-state index >= 15 is 0 Å². The Bertz CT molecular complexity index is 3200. The summed E-state index contributed by atoms with van der Waals surface area (Å²) in [6, 6.07) is 4.75. The van der Waals surface area contributed by atoms with E-state index in [1.54, 1.807) is 115 Å². The number of carbonyl (C=O) groups excluding carboxylic acids is 1. The van der Waals surface area contributed by atoms with Crippen molar-refractivity contribution in [1.82, 2.24) is 49.8 Å². The number of aromatic hydroxyl groups is 2. The number of hydrogen-bond donors (Lipinski definition) is 10. The smallest absolute Gasteiger partial charge is 0.329 e. The second-order valence-corrected chi connectivity index (χ2v) is 23.5. The molecule has 4 N–H and O–H groups in total. The molecule has 30 heteroatoms. The van der Waals surface area contributed by atoms with Crippen LogP contribution in [0.5, 0.6) is 11.5 Å². The molecule has 6 aromatic heterocycles. The van der Waals surface area contributed by atoms with Crippen molar-refractivity contribution >= 4 is 184 Å². The molecule has 0 radical (unpaired) electrons. The number of carbonyl (C=O) groups is 3. The first-order chi connectivity index (χ1) is 39.0. The highest BCUT2D eigenvalue weighted by Crippen LogP contribution is 2.52. The predicted molar refractivity (Wildman–Crippen MR) is 356 cm³/mol. The zero-order chi connectivity index (χ0) is 60.5. The van der Waals surface area contributed by atoms with Crippen molar-refractivity contribution in [3.8, 4) is 11.5 Å². The van der Waals surface area contributed by atoms with Gasteiger partial charge in [-0.1, -0.05) is 36.2 Å². The fourth-order valence-electron chi connectivity index (χ4n) is 5.56. The van der Waals surface area contributed by atoms with Gasteiger partial charge in [0.05, 0.1) is 51.8 Å². The second kappa shape index (κ2) is 35.4. The summed E-state index contributed by atoms with van der Waals surface area (Å²) >= 11 is 32.1. The van der Waals surface area contributed by atoms with Crippen LogP contribution in [-0.2, 0) is 14.4 Å². The van der Waals surface area contributed by atoms with E-state index in [2.05, 4.69) is 156 Å². The summed E-state index contributed by atoms with van der Waals surface area (Å²) in [7, 11) is 3.39. The quantitative estimate of drug-likeness (QED) is 0.0190. The van der Waals surface area contributed by atoms with Crippen molar-refractivity contribution in [3.05, 3.63) is 190 Å². The summed E-state index contributed by atoms with van der Waals surface area (Å²) in [4.78, 5) is 85.3. The highest BCUT2D eigenvalue weighted by Gasteiger charge is 2.28. The fourth-order valence-corrected chi connectivity index (χ4v) is 11.6. The number of thioether (sulfide) groups is 2. The molecule has 426 valence electrons. The number of allylic oxidation sites excluding steroid dienone is 2.